The van der Waals surface area contributed by atoms with Crippen molar-refractivity contribution in [3.63, 3.8) is 0 Å². The van der Waals surface area contributed by atoms with Crippen molar-refractivity contribution in [2.75, 3.05) is 12.8 Å². The molecule has 7 nitrogen and oxygen atoms in total. The van der Waals surface area contributed by atoms with Crippen molar-refractivity contribution in [1.29, 1.82) is 0 Å². The Kier molecular flexibility index (Phi) is 2.45. The lowest BCUT2D eigenvalue weighted by molar-refractivity contribution is 0.416. The normalized spacial score (nSPS) is 10.8. The van der Waals surface area contributed by atoms with Gasteiger partial charge in [-0.05, 0) is 12.1 Å². The predicted octanol–water partition coefficient (Wildman–Crippen LogP) is 0.904. The highest BCUT2D eigenvalue weighted by atomic mass is 16.5. The predicted molar refractivity (Wildman–Crippen MR) is 70.9 cm³/mol. The molecular formula is C12H11N5O2. The fourth-order valence-electron chi connectivity index (χ4n) is 1.89. The van der Waals surface area contributed by atoms with Crippen LogP contribution < -0.4 is 16.0 Å². The van der Waals surface area contributed by atoms with Gasteiger partial charge in [-0.25, -0.2) is 4.98 Å². The molecular weight excluding hydrogens is 246 g/mol. The molecule has 2 aromatic heterocycles. The molecule has 0 amide bonds. The zero-order chi connectivity index (χ0) is 13.4. The van der Waals surface area contributed by atoms with Crippen molar-refractivity contribution in [2.45, 2.75) is 0 Å². The first kappa shape index (κ1) is 11.3. The molecule has 0 saturated heterocycles. The second kappa shape index (κ2) is 4.13. The number of ether oxygens (including phenoxy) is 1. The van der Waals surface area contributed by atoms with E-state index in [4.69, 9.17) is 10.5 Å². The van der Waals surface area contributed by atoms with Crippen molar-refractivity contribution in [2.24, 2.45) is 0 Å². The minimum Gasteiger partial charge on any atom is -0.496 e. The topological polar surface area (TPSA) is 110 Å². The fraction of sp³-hybridized carbons (Fsp3) is 0.0833. The van der Waals surface area contributed by atoms with E-state index in [-0.39, 0.29) is 22.7 Å². The summed E-state index contributed by atoms with van der Waals surface area (Å²) in [6.45, 7) is 0. The van der Waals surface area contributed by atoms with E-state index in [9.17, 15) is 4.79 Å². The van der Waals surface area contributed by atoms with Gasteiger partial charge in [0.1, 0.15) is 11.6 Å². The number of H-pyrrole nitrogens is 2. The maximum Gasteiger partial charge on any atom is 0.278 e. The van der Waals surface area contributed by atoms with E-state index in [1.165, 1.54) is 0 Å². The van der Waals surface area contributed by atoms with Gasteiger partial charge in [-0.3, -0.25) is 9.78 Å². The number of aromatic amines is 2. The molecule has 0 aliphatic rings. The molecule has 0 fully saturated rings. The van der Waals surface area contributed by atoms with Crippen molar-refractivity contribution >= 4 is 17.1 Å². The first-order valence-corrected chi connectivity index (χ1v) is 5.58. The summed E-state index contributed by atoms with van der Waals surface area (Å²) in [4.78, 5) is 25.3. The molecule has 3 rings (SSSR count). The summed E-state index contributed by atoms with van der Waals surface area (Å²) in [6, 6.07) is 7.37. The molecule has 3 aromatic rings. The molecule has 1 aromatic carbocycles. The van der Waals surface area contributed by atoms with Gasteiger partial charge in [0.15, 0.2) is 11.2 Å². The molecule has 19 heavy (non-hydrogen) atoms. The van der Waals surface area contributed by atoms with Gasteiger partial charge in [0.05, 0.1) is 12.7 Å². The third kappa shape index (κ3) is 1.81. The van der Waals surface area contributed by atoms with Crippen molar-refractivity contribution in [3.8, 4) is 17.1 Å². The van der Waals surface area contributed by atoms with Gasteiger partial charge in [-0.15, -0.1) is 0 Å². The number of rotatable bonds is 2. The Bertz CT molecular complexity index is 805. The van der Waals surface area contributed by atoms with Crippen LogP contribution >= 0.6 is 0 Å². The molecule has 96 valence electrons. The largest absolute Gasteiger partial charge is 0.496 e. The lowest BCUT2D eigenvalue weighted by Gasteiger charge is -2.04. The summed E-state index contributed by atoms with van der Waals surface area (Å²) in [5.41, 5.74) is 6.45. The minimum atomic E-state index is -0.351. The van der Waals surface area contributed by atoms with Gasteiger partial charge in [-0.1, -0.05) is 12.1 Å². The minimum absolute atomic E-state index is 0.0376. The molecule has 2 heterocycles. The number of nitrogens with one attached hydrogen (secondary N) is 2. The van der Waals surface area contributed by atoms with Crippen molar-refractivity contribution in [3.05, 3.63) is 34.6 Å². The van der Waals surface area contributed by atoms with Gasteiger partial charge in [-0.2, -0.15) is 4.98 Å². The summed E-state index contributed by atoms with van der Waals surface area (Å²) in [6.07, 6.45) is 0. The van der Waals surface area contributed by atoms with E-state index >= 15 is 0 Å². The molecule has 4 N–H and O–H groups in total. The number of benzene rings is 1. The summed E-state index contributed by atoms with van der Waals surface area (Å²) < 4.78 is 5.26. The SMILES string of the molecule is COc1ccccc1-c1nc2nc(N)[nH]c(=O)c2[nH]1. The summed E-state index contributed by atoms with van der Waals surface area (Å²) in [5.74, 6) is 1.21. The highest BCUT2D eigenvalue weighted by Gasteiger charge is 2.13. The number of hydrogen-bond donors (Lipinski definition) is 3. The molecule has 0 radical (unpaired) electrons. The molecule has 0 atom stereocenters. The maximum atomic E-state index is 11.7. The number of anilines is 1. The van der Waals surface area contributed by atoms with Crippen LogP contribution in [0.15, 0.2) is 29.1 Å². The van der Waals surface area contributed by atoms with Gasteiger partial charge in [0, 0.05) is 0 Å². The zero-order valence-electron chi connectivity index (χ0n) is 10.1. The Balaban J connectivity index is 2.26. The second-order valence-electron chi connectivity index (χ2n) is 3.94. The van der Waals surface area contributed by atoms with E-state index in [0.717, 1.165) is 5.56 Å². The van der Waals surface area contributed by atoms with Gasteiger partial charge < -0.3 is 15.5 Å². The number of nitrogen functional groups attached to an aromatic ring is 1. The van der Waals surface area contributed by atoms with Crippen LogP contribution in [0.1, 0.15) is 0 Å². The molecule has 0 bridgehead atoms. The number of aromatic nitrogens is 4. The Morgan fingerprint density at radius 1 is 1.21 bits per heavy atom. The van der Waals surface area contributed by atoms with Crippen LogP contribution in [0, 0.1) is 0 Å². The summed E-state index contributed by atoms with van der Waals surface area (Å²) in [7, 11) is 1.57. The number of para-hydroxylation sites is 1. The van der Waals surface area contributed by atoms with Gasteiger partial charge >= 0.3 is 0 Å². The van der Waals surface area contributed by atoms with Crippen LogP contribution in [0.2, 0.25) is 0 Å². The van der Waals surface area contributed by atoms with Crippen LogP contribution in [0.3, 0.4) is 0 Å². The van der Waals surface area contributed by atoms with E-state index in [2.05, 4.69) is 19.9 Å². The molecule has 0 unspecified atom stereocenters. The van der Waals surface area contributed by atoms with Crippen LogP contribution in [0.4, 0.5) is 5.95 Å². The molecule has 0 saturated carbocycles. The number of hydrogen-bond acceptors (Lipinski definition) is 5. The van der Waals surface area contributed by atoms with Crippen LogP contribution in [-0.2, 0) is 0 Å². The average molecular weight is 257 g/mol. The monoisotopic (exact) mass is 257 g/mol. The highest BCUT2D eigenvalue weighted by Crippen LogP contribution is 2.27. The highest BCUT2D eigenvalue weighted by molar-refractivity contribution is 5.77. The molecule has 0 aliphatic carbocycles. The maximum absolute atomic E-state index is 11.7. The van der Waals surface area contributed by atoms with Crippen molar-refractivity contribution in [1.82, 2.24) is 19.9 Å². The van der Waals surface area contributed by atoms with E-state index in [0.29, 0.717) is 11.6 Å². The Hall–Kier alpha value is -2.83. The van der Waals surface area contributed by atoms with Crippen LogP contribution in [0.25, 0.3) is 22.6 Å². The Morgan fingerprint density at radius 3 is 2.79 bits per heavy atom. The first-order valence-electron chi connectivity index (χ1n) is 5.58. The number of nitrogens with two attached hydrogens (primary N) is 1. The summed E-state index contributed by atoms with van der Waals surface area (Å²) >= 11 is 0. The van der Waals surface area contributed by atoms with E-state index in [1.807, 2.05) is 24.3 Å². The number of nitrogens with zero attached hydrogens (tertiary/aromatic N) is 2. The van der Waals surface area contributed by atoms with Gasteiger partial charge in [0.2, 0.25) is 5.95 Å². The van der Waals surface area contributed by atoms with Crippen LogP contribution in [0.5, 0.6) is 5.75 Å². The number of fused-ring (bicyclic) bond motifs is 1. The standard InChI is InChI=1S/C12H11N5O2/c1-19-7-5-3-2-4-6(7)9-14-8-10(15-9)16-12(13)17-11(8)18/h2-5H,1H3,(H4,13,14,15,16,17,18). The third-order valence-electron chi connectivity index (χ3n) is 2.74. The first-order chi connectivity index (χ1) is 9.19. The molecule has 0 aliphatic heterocycles. The zero-order valence-corrected chi connectivity index (χ0v) is 10.1. The quantitative estimate of drug-likeness (QED) is 0.632. The summed E-state index contributed by atoms with van der Waals surface area (Å²) in [5, 5.41) is 0. The fourth-order valence-corrected chi connectivity index (χ4v) is 1.89. The van der Waals surface area contributed by atoms with Crippen LogP contribution in [-0.4, -0.2) is 27.0 Å². The van der Waals surface area contributed by atoms with E-state index in [1.54, 1.807) is 7.11 Å². The van der Waals surface area contributed by atoms with E-state index < -0.39 is 0 Å². The Morgan fingerprint density at radius 2 is 2.00 bits per heavy atom. The molecule has 0 spiro atoms. The number of imidazole rings is 1. The lowest BCUT2D eigenvalue weighted by atomic mass is 10.2. The second-order valence-corrected chi connectivity index (χ2v) is 3.94. The third-order valence-corrected chi connectivity index (χ3v) is 2.74. The lowest BCUT2D eigenvalue weighted by Crippen LogP contribution is -2.10. The Labute approximate surface area is 107 Å². The van der Waals surface area contributed by atoms with Crippen molar-refractivity contribution < 1.29 is 4.74 Å². The smallest absolute Gasteiger partial charge is 0.278 e. The number of methoxy groups -OCH3 is 1. The average Bonchev–Trinajstić information content (AvgIpc) is 2.82. The van der Waals surface area contributed by atoms with Gasteiger partial charge in [0.25, 0.3) is 5.56 Å². The molecule has 7 heteroatoms.